The highest BCUT2D eigenvalue weighted by atomic mass is 79.9. The molecule has 126 valence electrons. The number of piperazine rings is 1. The van der Waals surface area contributed by atoms with Crippen LogP contribution >= 0.6 is 15.9 Å². The lowest BCUT2D eigenvalue weighted by atomic mass is 10.1. The van der Waals surface area contributed by atoms with Gasteiger partial charge >= 0.3 is 6.03 Å². The molecule has 4 nitrogen and oxygen atoms in total. The Morgan fingerprint density at radius 2 is 1.62 bits per heavy atom. The van der Waals surface area contributed by atoms with Gasteiger partial charge in [0, 0.05) is 36.3 Å². The third kappa shape index (κ3) is 4.09. The normalized spacial score (nSPS) is 15.9. The van der Waals surface area contributed by atoms with Crippen LogP contribution in [0.2, 0.25) is 0 Å². The number of amides is 2. The van der Waals surface area contributed by atoms with E-state index in [0.717, 1.165) is 36.2 Å². The largest absolute Gasteiger partial charge is 0.368 e. The lowest BCUT2D eigenvalue weighted by Gasteiger charge is -2.36. The first-order valence-corrected chi connectivity index (χ1v) is 9.03. The van der Waals surface area contributed by atoms with Gasteiger partial charge in [0.1, 0.15) is 0 Å². The number of urea groups is 1. The smallest absolute Gasteiger partial charge is 0.317 e. The maximum Gasteiger partial charge on any atom is 0.317 e. The molecule has 1 aliphatic rings. The van der Waals surface area contributed by atoms with Crippen LogP contribution < -0.4 is 10.2 Å². The molecule has 3 rings (SSSR count). The van der Waals surface area contributed by atoms with E-state index in [1.54, 1.807) is 0 Å². The molecular weight excluding hydrogens is 366 g/mol. The molecule has 1 atom stereocenters. The third-order valence-corrected chi connectivity index (χ3v) is 4.93. The molecule has 24 heavy (non-hydrogen) atoms. The van der Waals surface area contributed by atoms with Crippen LogP contribution in [0.5, 0.6) is 0 Å². The topological polar surface area (TPSA) is 35.6 Å². The van der Waals surface area contributed by atoms with Crippen molar-refractivity contribution in [3.05, 3.63) is 64.6 Å². The Balaban J connectivity index is 1.52. The van der Waals surface area contributed by atoms with E-state index in [9.17, 15) is 4.79 Å². The van der Waals surface area contributed by atoms with Crippen molar-refractivity contribution in [1.82, 2.24) is 10.2 Å². The summed E-state index contributed by atoms with van der Waals surface area (Å²) in [6.45, 7) is 5.21. The van der Waals surface area contributed by atoms with E-state index in [1.807, 2.05) is 42.2 Å². The molecule has 2 amide bonds. The van der Waals surface area contributed by atoms with E-state index in [2.05, 4.69) is 50.4 Å². The summed E-state index contributed by atoms with van der Waals surface area (Å²) in [5.41, 5.74) is 2.33. The van der Waals surface area contributed by atoms with Gasteiger partial charge in [-0.25, -0.2) is 4.79 Å². The lowest BCUT2D eigenvalue weighted by molar-refractivity contribution is 0.191. The number of nitrogens with zero attached hydrogens (tertiary/aromatic N) is 2. The van der Waals surface area contributed by atoms with Crippen molar-refractivity contribution in [2.75, 3.05) is 31.1 Å². The average Bonchev–Trinajstić information content (AvgIpc) is 2.63. The van der Waals surface area contributed by atoms with Gasteiger partial charge in [-0.05, 0) is 36.8 Å². The third-order valence-electron chi connectivity index (χ3n) is 4.40. The summed E-state index contributed by atoms with van der Waals surface area (Å²) in [6, 6.07) is 18.4. The van der Waals surface area contributed by atoms with Crippen molar-refractivity contribution in [2.24, 2.45) is 0 Å². The standard InChI is InChI=1S/C19H22BrN3O/c1-15(16-5-3-2-4-6-16)21-19(24)23-13-11-22(12-14-23)18-9-7-17(20)8-10-18/h2-10,15H,11-14H2,1H3,(H,21,24). The summed E-state index contributed by atoms with van der Waals surface area (Å²) >= 11 is 3.46. The fourth-order valence-corrected chi connectivity index (χ4v) is 3.19. The summed E-state index contributed by atoms with van der Waals surface area (Å²) in [6.07, 6.45) is 0. The zero-order valence-corrected chi connectivity index (χ0v) is 15.4. The molecule has 0 bridgehead atoms. The summed E-state index contributed by atoms with van der Waals surface area (Å²) < 4.78 is 1.08. The fraction of sp³-hybridized carbons (Fsp3) is 0.316. The highest BCUT2D eigenvalue weighted by Crippen LogP contribution is 2.20. The van der Waals surface area contributed by atoms with Crippen LogP contribution in [0, 0.1) is 0 Å². The van der Waals surface area contributed by atoms with E-state index in [0.29, 0.717) is 0 Å². The van der Waals surface area contributed by atoms with Crippen molar-refractivity contribution >= 4 is 27.6 Å². The zero-order valence-electron chi connectivity index (χ0n) is 13.8. The van der Waals surface area contributed by atoms with Crippen molar-refractivity contribution in [3.8, 4) is 0 Å². The number of hydrogen-bond donors (Lipinski definition) is 1. The summed E-state index contributed by atoms with van der Waals surface area (Å²) in [5, 5.41) is 3.09. The Hall–Kier alpha value is -2.01. The molecule has 0 aromatic heterocycles. The Morgan fingerprint density at radius 1 is 1.00 bits per heavy atom. The SMILES string of the molecule is CC(NC(=O)N1CCN(c2ccc(Br)cc2)CC1)c1ccccc1. The number of benzene rings is 2. The number of hydrogen-bond acceptors (Lipinski definition) is 2. The Morgan fingerprint density at radius 3 is 2.25 bits per heavy atom. The van der Waals surface area contributed by atoms with Crippen LogP contribution in [0.1, 0.15) is 18.5 Å². The molecule has 1 heterocycles. The Bertz CT molecular complexity index is 667. The van der Waals surface area contributed by atoms with Gasteiger partial charge in [0.2, 0.25) is 0 Å². The van der Waals surface area contributed by atoms with Gasteiger partial charge in [-0.3, -0.25) is 0 Å². The first kappa shape index (κ1) is 16.8. The molecule has 1 aliphatic heterocycles. The minimum Gasteiger partial charge on any atom is -0.368 e. The molecule has 1 unspecified atom stereocenters. The molecule has 5 heteroatoms. The second kappa shape index (κ2) is 7.71. The number of carbonyl (C=O) groups is 1. The lowest BCUT2D eigenvalue weighted by Crippen LogP contribution is -2.52. The monoisotopic (exact) mass is 387 g/mol. The highest BCUT2D eigenvalue weighted by molar-refractivity contribution is 9.10. The molecule has 1 saturated heterocycles. The van der Waals surface area contributed by atoms with Crippen LogP contribution in [0.3, 0.4) is 0 Å². The molecule has 1 N–H and O–H groups in total. The van der Waals surface area contributed by atoms with Crippen LogP contribution in [0.25, 0.3) is 0 Å². The number of halogens is 1. The van der Waals surface area contributed by atoms with Crippen molar-refractivity contribution in [1.29, 1.82) is 0 Å². The van der Waals surface area contributed by atoms with E-state index in [-0.39, 0.29) is 12.1 Å². The van der Waals surface area contributed by atoms with Gasteiger partial charge in [0.25, 0.3) is 0 Å². The van der Waals surface area contributed by atoms with E-state index in [1.165, 1.54) is 5.69 Å². The number of nitrogens with one attached hydrogen (secondary N) is 1. The van der Waals surface area contributed by atoms with E-state index < -0.39 is 0 Å². The molecule has 0 saturated carbocycles. The maximum absolute atomic E-state index is 12.5. The fourth-order valence-electron chi connectivity index (χ4n) is 2.92. The summed E-state index contributed by atoms with van der Waals surface area (Å²) in [5.74, 6) is 0. The minimum absolute atomic E-state index is 0.0156. The Labute approximate surface area is 151 Å². The average molecular weight is 388 g/mol. The summed E-state index contributed by atoms with van der Waals surface area (Å²) in [7, 11) is 0. The maximum atomic E-state index is 12.5. The Kier molecular flexibility index (Phi) is 5.41. The van der Waals surface area contributed by atoms with Crippen LogP contribution in [-0.4, -0.2) is 37.1 Å². The van der Waals surface area contributed by atoms with Crippen molar-refractivity contribution < 1.29 is 4.79 Å². The summed E-state index contributed by atoms with van der Waals surface area (Å²) in [4.78, 5) is 16.7. The van der Waals surface area contributed by atoms with Crippen LogP contribution in [0.15, 0.2) is 59.1 Å². The quantitative estimate of drug-likeness (QED) is 0.862. The predicted molar refractivity (Wildman–Crippen MR) is 101 cm³/mol. The van der Waals surface area contributed by atoms with E-state index in [4.69, 9.17) is 0 Å². The molecule has 0 aliphatic carbocycles. The molecule has 2 aromatic rings. The second-order valence-corrected chi connectivity index (χ2v) is 6.95. The van der Waals surface area contributed by atoms with Gasteiger partial charge in [-0.15, -0.1) is 0 Å². The van der Waals surface area contributed by atoms with Crippen molar-refractivity contribution in [2.45, 2.75) is 13.0 Å². The zero-order chi connectivity index (χ0) is 16.9. The minimum atomic E-state index is 0.0156. The number of carbonyl (C=O) groups excluding carboxylic acids is 1. The molecular formula is C19H22BrN3O. The number of rotatable bonds is 3. The highest BCUT2D eigenvalue weighted by Gasteiger charge is 2.22. The first-order valence-electron chi connectivity index (χ1n) is 8.24. The second-order valence-electron chi connectivity index (χ2n) is 6.03. The first-order chi connectivity index (χ1) is 11.6. The number of anilines is 1. The van der Waals surface area contributed by atoms with E-state index >= 15 is 0 Å². The van der Waals surface area contributed by atoms with Crippen molar-refractivity contribution in [3.63, 3.8) is 0 Å². The van der Waals surface area contributed by atoms with Gasteiger partial charge in [-0.2, -0.15) is 0 Å². The molecule has 1 fully saturated rings. The predicted octanol–water partition coefficient (Wildman–Crippen LogP) is 4.04. The molecule has 0 radical (unpaired) electrons. The van der Waals surface area contributed by atoms with Crippen LogP contribution in [0.4, 0.5) is 10.5 Å². The van der Waals surface area contributed by atoms with Gasteiger partial charge in [0.15, 0.2) is 0 Å². The van der Waals surface area contributed by atoms with Gasteiger partial charge in [0.05, 0.1) is 6.04 Å². The molecule has 0 spiro atoms. The molecule has 2 aromatic carbocycles. The van der Waals surface area contributed by atoms with Gasteiger partial charge in [-0.1, -0.05) is 46.3 Å². The van der Waals surface area contributed by atoms with Gasteiger partial charge < -0.3 is 15.1 Å². The van der Waals surface area contributed by atoms with Crippen LogP contribution in [-0.2, 0) is 0 Å².